The molecule has 1 aliphatic heterocycles. The Morgan fingerprint density at radius 2 is 1.77 bits per heavy atom. The van der Waals surface area contributed by atoms with Crippen molar-refractivity contribution < 1.29 is 23.8 Å². The molecule has 0 unspecified atom stereocenters. The molecule has 1 amide bonds. The second-order valence-corrected chi connectivity index (χ2v) is 6.49. The lowest BCUT2D eigenvalue weighted by Crippen LogP contribution is -2.54. The first-order valence-electron chi connectivity index (χ1n) is 8.44. The number of halogens is 1. The second kappa shape index (κ2) is 7.15. The van der Waals surface area contributed by atoms with Crippen LogP contribution in [0.15, 0.2) is 48.5 Å². The number of benzene rings is 2. The van der Waals surface area contributed by atoms with Gasteiger partial charge in [-0.25, -0.2) is 9.18 Å². The molecular weight excluding hydrogens is 337 g/mol. The summed E-state index contributed by atoms with van der Waals surface area (Å²) in [6.45, 7) is 2.24. The molecule has 1 aliphatic rings. The zero-order chi connectivity index (χ0) is 18.7. The van der Waals surface area contributed by atoms with Crippen molar-refractivity contribution in [1.82, 2.24) is 4.90 Å². The summed E-state index contributed by atoms with van der Waals surface area (Å²) in [6, 6.07) is 13.2. The zero-order valence-electron chi connectivity index (χ0n) is 14.4. The van der Waals surface area contributed by atoms with Gasteiger partial charge in [0.25, 0.3) is 5.91 Å². The first-order valence-corrected chi connectivity index (χ1v) is 8.44. The highest BCUT2D eigenvalue weighted by Crippen LogP contribution is 2.31. The molecule has 1 N–H and O–H groups in total. The van der Waals surface area contributed by atoms with E-state index >= 15 is 0 Å². The Labute approximate surface area is 151 Å². The minimum Gasteiger partial charge on any atom is -0.478 e. The fourth-order valence-electron chi connectivity index (χ4n) is 3.09. The van der Waals surface area contributed by atoms with Crippen molar-refractivity contribution >= 4 is 11.9 Å². The van der Waals surface area contributed by atoms with Gasteiger partial charge in [-0.05, 0) is 36.8 Å². The third-order valence-electron chi connectivity index (χ3n) is 4.66. The molecule has 0 atom stereocenters. The summed E-state index contributed by atoms with van der Waals surface area (Å²) in [7, 11) is 0. The molecule has 2 aromatic rings. The quantitative estimate of drug-likeness (QED) is 0.912. The number of carbonyl (C=O) groups excluding carboxylic acids is 1. The number of carboxylic acid groups (broad SMARTS) is 1. The van der Waals surface area contributed by atoms with Crippen LogP contribution in [0.25, 0.3) is 0 Å². The summed E-state index contributed by atoms with van der Waals surface area (Å²) in [4.78, 5) is 26.0. The van der Waals surface area contributed by atoms with E-state index in [-0.39, 0.29) is 37.6 Å². The molecule has 6 heteroatoms. The second-order valence-electron chi connectivity index (χ2n) is 6.49. The standard InChI is InChI=1S/C20H20FNO4/c1-14-7-8-16(21)17(13-14)26-20(19(24)25)9-11-22(12-10-20)18(23)15-5-3-2-4-6-15/h2-8,13H,9-12H2,1H3,(H,24,25). The van der Waals surface area contributed by atoms with Gasteiger partial charge in [0.2, 0.25) is 5.60 Å². The fourth-order valence-corrected chi connectivity index (χ4v) is 3.09. The maximum absolute atomic E-state index is 14.0. The van der Waals surface area contributed by atoms with Gasteiger partial charge in [0.05, 0.1) is 0 Å². The van der Waals surface area contributed by atoms with Crippen LogP contribution in [0, 0.1) is 12.7 Å². The van der Waals surface area contributed by atoms with Crippen LogP contribution < -0.4 is 4.74 Å². The van der Waals surface area contributed by atoms with Crippen LogP contribution in [0.1, 0.15) is 28.8 Å². The summed E-state index contributed by atoms with van der Waals surface area (Å²) in [6.07, 6.45) is 0.183. The number of carbonyl (C=O) groups is 2. The van der Waals surface area contributed by atoms with Gasteiger partial charge < -0.3 is 14.7 Å². The van der Waals surface area contributed by atoms with Crippen LogP contribution in [0.4, 0.5) is 4.39 Å². The third-order valence-corrected chi connectivity index (χ3v) is 4.66. The van der Waals surface area contributed by atoms with Gasteiger partial charge in [0, 0.05) is 31.5 Å². The number of nitrogens with zero attached hydrogens (tertiary/aromatic N) is 1. The van der Waals surface area contributed by atoms with Crippen molar-refractivity contribution in [3.8, 4) is 5.75 Å². The molecule has 1 heterocycles. The highest BCUT2D eigenvalue weighted by molar-refractivity contribution is 5.94. The number of piperidine rings is 1. The average molecular weight is 357 g/mol. The molecule has 5 nitrogen and oxygen atoms in total. The molecule has 0 radical (unpaired) electrons. The molecule has 0 bridgehead atoms. The molecule has 0 aromatic heterocycles. The van der Waals surface area contributed by atoms with Crippen LogP contribution in [0.3, 0.4) is 0 Å². The lowest BCUT2D eigenvalue weighted by Gasteiger charge is -2.39. The number of aliphatic carboxylic acids is 1. The molecule has 2 aromatic carbocycles. The Kier molecular flexibility index (Phi) is 4.93. The molecule has 0 aliphatic carbocycles. The lowest BCUT2D eigenvalue weighted by molar-refractivity contribution is -0.159. The molecule has 0 saturated carbocycles. The van der Waals surface area contributed by atoms with E-state index in [0.29, 0.717) is 5.56 Å². The van der Waals surface area contributed by atoms with E-state index in [1.165, 1.54) is 12.1 Å². The molecule has 0 spiro atoms. The summed E-state index contributed by atoms with van der Waals surface area (Å²) >= 11 is 0. The van der Waals surface area contributed by atoms with Crippen molar-refractivity contribution in [3.63, 3.8) is 0 Å². The number of ether oxygens (including phenoxy) is 1. The topological polar surface area (TPSA) is 66.8 Å². The van der Waals surface area contributed by atoms with Gasteiger partial charge in [-0.2, -0.15) is 0 Å². The summed E-state index contributed by atoms with van der Waals surface area (Å²) < 4.78 is 19.6. The van der Waals surface area contributed by atoms with E-state index in [2.05, 4.69) is 0 Å². The molecule has 26 heavy (non-hydrogen) atoms. The third kappa shape index (κ3) is 3.54. The van der Waals surface area contributed by atoms with E-state index < -0.39 is 17.4 Å². The van der Waals surface area contributed by atoms with Crippen molar-refractivity contribution in [2.75, 3.05) is 13.1 Å². The smallest absolute Gasteiger partial charge is 0.348 e. The van der Waals surface area contributed by atoms with Gasteiger partial charge in [0.15, 0.2) is 11.6 Å². The van der Waals surface area contributed by atoms with E-state index in [4.69, 9.17) is 4.74 Å². The van der Waals surface area contributed by atoms with Gasteiger partial charge in [-0.3, -0.25) is 4.79 Å². The van der Waals surface area contributed by atoms with E-state index in [1.807, 2.05) is 6.07 Å². The minimum absolute atomic E-state index is 0.0739. The normalized spacial score (nSPS) is 16.2. The van der Waals surface area contributed by atoms with Crippen molar-refractivity contribution in [3.05, 3.63) is 65.5 Å². The molecular formula is C20H20FNO4. The van der Waals surface area contributed by atoms with E-state index in [0.717, 1.165) is 5.56 Å². The zero-order valence-corrected chi connectivity index (χ0v) is 14.4. The maximum atomic E-state index is 14.0. The molecule has 136 valence electrons. The minimum atomic E-state index is -1.54. The van der Waals surface area contributed by atoms with E-state index in [1.54, 1.807) is 42.2 Å². The number of amides is 1. The summed E-state index contributed by atoms with van der Waals surface area (Å²) in [5.74, 6) is -1.97. The monoisotopic (exact) mass is 357 g/mol. The highest BCUT2D eigenvalue weighted by Gasteiger charge is 2.45. The van der Waals surface area contributed by atoms with E-state index in [9.17, 15) is 19.1 Å². The Balaban J connectivity index is 1.76. The van der Waals surface area contributed by atoms with Gasteiger partial charge in [-0.1, -0.05) is 24.3 Å². The van der Waals surface area contributed by atoms with Crippen LogP contribution in [0.2, 0.25) is 0 Å². The highest BCUT2D eigenvalue weighted by atomic mass is 19.1. The SMILES string of the molecule is Cc1ccc(F)c(OC2(C(=O)O)CCN(C(=O)c3ccccc3)CC2)c1. The molecule has 1 fully saturated rings. The van der Waals surface area contributed by atoms with Gasteiger partial charge >= 0.3 is 5.97 Å². The Morgan fingerprint density at radius 3 is 2.38 bits per heavy atom. The Hall–Kier alpha value is -2.89. The lowest BCUT2D eigenvalue weighted by atomic mass is 9.90. The first-order chi connectivity index (χ1) is 12.4. The van der Waals surface area contributed by atoms with Crippen molar-refractivity contribution in [2.45, 2.75) is 25.4 Å². The average Bonchev–Trinajstić information content (AvgIpc) is 2.65. The van der Waals surface area contributed by atoms with Crippen LogP contribution in [-0.2, 0) is 4.79 Å². The summed E-state index contributed by atoms with van der Waals surface area (Å²) in [5, 5.41) is 9.70. The maximum Gasteiger partial charge on any atom is 0.348 e. The number of aryl methyl sites for hydroxylation is 1. The number of hydrogen-bond acceptors (Lipinski definition) is 3. The number of likely N-dealkylation sites (tertiary alicyclic amines) is 1. The Morgan fingerprint density at radius 1 is 1.12 bits per heavy atom. The largest absolute Gasteiger partial charge is 0.478 e. The first kappa shape index (κ1) is 17.9. The predicted molar refractivity (Wildman–Crippen MR) is 93.7 cm³/mol. The number of rotatable bonds is 4. The summed E-state index contributed by atoms with van der Waals surface area (Å²) in [5.41, 5.74) is -0.207. The van der Waals surface area contributed by atoms with Crippen LogP contribution in [-0.4, -0.2) is 40.6 Å². The van der Waals surface area contributed by atoms with Gasteiger partial charge in [-0.15, -0.1) is 0 Å². The van der Waals surface area contributed by atoms with Gasteiger partial charge in [0.1, 0.15) is 0 Å². The Bertz CT molecular complexity index is 814. The molecule has 3 rings (SSSR count). The van der Waals surface area contributed by atoms with Crippen LogP contribution >= 0.6 is 0 Å². The van der Waals surface area contributed by atoms with Crippen molar-refractivity contribution in [2.24, 2.45) is 0 Å². The molecule has 1 saturated heterocycles. The predicted octanol–water partition coefficient (Wildman–Crippen LogP) is 3.27. The number of carboxylic acids is 1. The van der Waals surface area contributed by atoms with Crippen LogP contribution in [0.5, 0.6) is 5.75 Å². The fraction of sp³-hybridized carbons (Fsp3) is 0.300. The van der Waals surface area contributed by atoms with Crippen molar-refractivity contribution in [1.29, 1.82) is 0 Å². The number of hydrogen-bond donors (Lipinski definition) is 1.